The van der Waals surface area contributed by atoms with Crippen LogP contribution in [0, 0.1) is 0 Å². The van der Waals surface area contributed by atoms with Crippen LogP contribution < -0.4 is 0 Å². The molecule has 4 heteroatoms. The molecule has 0 saturated heterocycles. The molecule has 0 rings (SSSR count). The second-order valence-corrected chi connectivity index (χ2v) is 2.80. The monoisotopic (exact) mass is 196 g/mol. The van der Waals surface area contributed by atoms with Gasteiger partial charge in [0, 0.05) is 13.1 Å². The van der Waals surface area contributed by atoms with Crippen molar-refractivity contribution in [3.63, 3.8) is 0 Å². The van der Waals surface area contributed by atoms with Gasteiger partial charge in [0.2, 0.25) is 0 Å². The van der Waals surface area contributed by atoms with Crippen LogP contribution in [0.5, 0.6) is 0 Å². The summed E-state index contributed by atoms with van der Waals surface area (Å²) in [5, 5.41) is 0. The summed E-state index contributed by atoms with van der Waals surface area (Å²) in [7, 11) is 0. The first-order chi connectivity index (χ1) is 6.91. The van der Waals surface area contributed by atoms with Crippen molar-refractivity contribution in [2.45, 2.75) is 25.7 Å². The SMILES string of the molecule is O=CC=NCCCCCCN=CC=O. The first-order valence-electron chi connectivity index (χ1n) is 4.79. The van der Waals surface area contributed by atoms with E-state index >= 15 is 0 Å². The van der Waals surface area contributed by atoms with Crippen molar-refractivity contribution in [2.24, 2.45) is 9.98 Å². The van der Waals surface area contributed by atoms with Crippen molar-refractivity contribution in [1.82, 2.24) is 0 Å². The van der Waals surface area contributed by atoms with Crippen LogP contribution in [-0.2, 0) is 9.59 Å². The van der Waals surface area contributed by atoms with E-state index in [0.717, 1.165) is 38.8 Å². The van der Waals surface area contributed by atoms with Crippen molar-refractivity contribution in [2.75, 3.05) is 13.1 Å². The fourth-order valence-corrected chi connectivity index (χ4v) is 0.995. The van der Waals surface area contributed by atoms with Crippen LogP contribution in [0.2, 0.25) is 0 Å². The Morgan fingerprint density at radius 2 is 1.14 bits per heavy atom. The average Bonchev–Trinajstić information content (AvgIpc) is 2.21. The van der Waals surface area contributed by atoms with E-state index in [1.54, 1.807) is 0 Å². The third-order valence-electron chi connectivity index (χ3n) is 1.66. The lowest BCUT2D eigenvalue weighted by Crippen LogP contribution is -1.87. The number of unbranched alkanes of at least 4 members (excludes halogenated alkanes) is 3. The summed E-state index contributed by atoms with van der Waals surface area (Å²) in [6.45, 7) is 1.44. The molecule has 0 bridgehead atoms. The smallest absolute Gasteiger partial charge is 0.160 e. The molecule has 0 fully saturated rings. The van der Waals surface area contributed by atoms with E-state index < -0.39 is 0 Å². The number of hydrogen-bond donors (Lipinski definition) is 0. The van der Waals surface area contributed by atoms with E-state index in [1.807, 2.05) is 0 Å². The Balaban J connectivity index is 3.06. The standard InChI is InChI=1S/C10H16N2O2/c13-9-7-11-5-3-1-2-4-6-12-8-10-14/h7-10H,1-6H2. The molecule has 0 aliphatic carbocycles. The van der Waals surface area contributed by atoms with Gasteiger partial charge in [-0.3, -0.25) is 19.6 Å². The van der Waals surface area contributed by atoms with Crippen molar-refractivity contribution in [3.05, 3.63) is 0 Å². The number of carbonyl (C=O) groups excluding carboxylic acids is 2. The summed E-state index contributed by atoms with van der Waals surface area (Å²) in [4.78, 5) is 27.4. The maximum absolute atomic E-state index is 9.85. The van der Waals surface area contributed by atoms with Gasteiger partial charge in [0.05, 0.1) is 12.4 Å². The van der Waals surface area contributed by atoms with Crippen molar-refractivity contribution >= 4 is 25.0 Å². The normalized spacial score (nSPS) is 11.1. The summed E-state index contributed by atoms with van der Waals surface area (Å²) >= 11 is 0. The highest BCUT2D eigenvalue weighted by atomic mass is 16.1. The lowest BCUT2D eigenvalue weighted by atomic mass is 10.2. The zero-order valence-electron chi connectivity index (χ0n) is 8.26. The van der Waals surface area contributed by atoms with Crippen LogP contribution in [0.25, 0.3) is 0 Å². The molecule has 0 unspecified atom stereocenters. The minimum atomic E-state index is 0.689. The Labute approximate surface area is 84.1 Å². The molecule has 0 aromatic heterocycles. The molecule has 4 nitrogen and oxygen atoms in total. The summed E-state index contributed by atoms with van der Waals surface area (Å²) in [6, 6.07) is 0. The number of aldehydes is 2. The molecule has 14 heavy (non-hydrogen) atoms. The van der Waals surface area contributed by atoms with Crippen molar-refractivity contribution in [3.8, 4) is 0 Å². The van der Waals surface area contributed by atoms with Gasteiger partial charge in [-0.15, -0.1) is 0 Å². The number of aliphatic imine (C=N–C) groups is 2. The Morgan fingerprint density at radius 1 is 0.714 bits per heavy atom. The van der Waals surface area contributed by atoms with Gasteiger partial charge in [0.25, 0.3) is 0 Å². The Morgan fingerprint density at radius 3 is 1.50 bits per heavy atom. The van der Waals surface area contributed by atoms with Crippen LogP contribution in [0.15, 0.2) is 9.98 Å². The maximum Gasteiger partial charge on any atom is 0.160 e. The van der Waals surface area contributed by atoms with Crippen LogP contribution >= 0.6 is 0 Å². The third kappa shape index (κ3) is 10.7. The van der Waals surface area contributed by atoms with Gasteiger partial charge in [-0.1, -0.05) is 12.8 Å². The molecule has 0 heterocycles. The highest BCUT2D eigenvalue weighted by Gasteiger charge is 1.87. The predicted octanol–water partition coefficient (Wildman–Crippen LogP) is 1.09. The van der Waals surface area contributed by atoms with E-state index in [4.69, 9.17) is 0 Å². The van der Waals surface area contributed by atoms with Crippen molar-refractivity contribution < 1.29 is 9.59 Å². The number of hydrogen-bond acceptors (Lipinski definition) is 4. The first kappa shape index (κ1) is 12.7. The van der Waals surface area contributed by atoms with E-state index in [2.05, 4.69) is 9.98 Å². The van der Waals surface area contributed by atoms with E-state index in [1.165, 1.54) is 12.4 Å². The van der Waals surface area contributed by atoms with Crippen LogP contribution in [0.4, 0.5) is 0 Å². The van der Waals surface area contributed by atoms with Gasteiger partial charge >= 0.3 is 0 Å². The second kappa shape index (κ2) is 11.7. The third-order valence-corrected chi connectivity index (χ3v) is 1.66. The van der Waals surface area contributed by atoms with Crippen LogP contribution in [-0.4, -0.2) is 38.1 Å². The minimum Gasteiger partial charge on any atom is -0.297 e. The molecule has 0 aromatic rings. The van der Waals surface area contributed by atoms with Gasteiger partial charge in [-0.25, -0.2) is 0 Å². The molecular formula is C10H16N2O2. The van der Waals surface area contributed by atoms with Gasteiger partial charge < -0.3 is 0 Å². The predicted molar refractivity (Wildman–Crippen MR) is 57.3 cm³/mol. The molecule has 78 valence electrons. The molecule has 0 amide bonds. The molecule has 0 aromatic carbocycles. The highest BCUT2D eigenvalue weighted by Crippen LogP contribution is 1.99. The fraction of sp³-hybridized carbons (Fsp3) is 0.600. The molecule has 0 N–H and O–H groups in total. The molecule has 0 aliphatic rings. The fourth-order valence-electron chi connectivity index (χ4n) is 0.995. The minimum absolute atomic E-state index is 0.689. The molecule has 0 atom stereocenters. The quantitative estimate of drug-likeness (QED) is 0.315. The highest BCUT2D eigenvalue weighted by molar-refractivity contribution is 6.13. The van der Waals surface area contributed by atoms with Gasteiger partial charge in [-0.05, 0) is 12.8 Å². The van der Waals surface area contributed by atoms with E-state index in [0.29, 0.717) is 12.6 Å². The maximum atomic E-state index is 9.85. The zero-order valence-corrected chi connectivity index (χ0v) is 8.26. The summed E-state index contributed by atoms with van der Waals surface area (Å²) in [5.41, 5.74) is 0. The van der Waals surface area contributed by atoms with Crippen molar-refractivity contribution in [1.29, 1.82) is 0 Å². The molecule has 0 spiro atoms. The average molecular weight is 196 g/mol. The number of nitrogens with zero attached hydrogens (tertiary/aromatic N) is 2. The van der Waals surface area contributed by atoms with Crippen LogP contribution in [0.3, 0.4) is 0 Å². The molecule has 0 radical (unpaired) electrons. The topological polar surface area (TPSA) is 58.9 Å². The van der Waals surface area contributed by atoms with Crippen LogP contribution in [0.1, 0.15) is 25.7 Å². The molecule has 0 aliphatic heterocycles. The van der Waals surface area contributed by atoms with E-state index in [-0.39, 0.29) is 0 Å². The van der Waals surface area contributed by atoms with Gasteiger partial charge in [-0.2, -0.15) is 0 Å². The molecular weight excluding hydrogens is 180 g/mol. The largest absolute Gasteiger partial charge is 0.297 e. The Hall–Kier alpha value is -1.32. The summed E-state index contributed by atoms with van der Waals surface area (Å²) in [6.07, 6.45) is 8.13. The van der Waals surface area contributed by atoms with E-state index in [9.17, 15) is 9.59 Å². The first-order valence-corrected chi connectivity index (χ1v) is 4.79. The molecule has 0 saturated carbocycles. The van der Waals surface area contributed by atoms with Gasteiger partial charge in [0.15, 0.2) is 12.6 Å². The Bertz CT molecular complexity index is 178. The van der Waals surface area contributed by atoms with Gasteiger partial charge in [0.1, 0.15) is 0 Å². The Kier molecular flexibility index (Phi) is 10.6. The zero-order chi connectivity index (χ0) is 10.5. The lowest BCUT2D eigenvalue weighted by Gasteiger charge is -1.95. The number of rotatable bonds is 9. The summed E-state index contributed by atoms with van der Waals surface area (Å²) in [5.74, 6) is 0. The summed E-state index contributed by atoms with van der Waals surface area (Å²) < 4.78 is 0. The lowest BCUT2D eigenvalue weighted by molar-refractivity contribution is -0.103. The second-order valence-electron chi connectivity index (χ2n) is 2.80. The number of carbonyl (C=O) groups is 2.